The second kappa shape index (κ2) is 8.21. The largest absolute Gasteiger partial charge is 0.472 e. The van der Waals surface area contributed by atoms with Crippen LogP contribution in [0.1, 0.15) is 59.2 Å². The first-order valence-corrected chi connectivity index (χ1v) is 11.2. The Morgan fingerprint density at radius 3 is 2.70 bits per heavy atom. The minimum absolute atomic E-state index is 0.115. The minimum atomic E-state index is -0.295. The van der Waals surface area contributed by atoms with Crippen LogP contribution in [0.4, 0.5) is 0 Å². The minimum Gasteiger partial charge on any atom is -0.472 e. The highest BCUT2D eigenvalue weighted by Gasteiger charge is 2.39. The van der Waals surface area contributed by atoms with Crippen LogP contribution in [-0.4, -0.2) is 40.7 Å². The summed E-state index contributed by atoms with van der Waals surface area (Å²) in [6.07, 6.45) is 6.88. The lowest BCUT2D eigenvalue weighted by atomic mass is 9.91. The van der Waals surface area contributed by atoms with Gasteiger partial charge in [-0.25, -0.2) is 0 Å². The Bertz CT molecular complexity index is 937. The van der Waals surface area contributed by atoms with Crippen molar-refractivity contribution in [1.82, 2.24) is 15.1 Å². The molecule has 2 unspecified atom stereocenters. The van der Waals surface area contributed by atoms with Crippen LogP contribution in [0, 0.1) is 0 Å². The summed E-state index contributed by atoms with van der Waals surface area (Å²) in [5.74, 6) is 0.218. The molecule has 0 spiro atoms. The van der Waals surface area contributed by atoms with Crippen LogP contribution in [0.5, 0.6) is 0 Å². The van der Waals surface area contributed by atoms with Gasteiger partial charge >= 0.3 is 0 Å². The molecule has 2 fully saturated rings. The average Bonchev–Trinajstić information content (AvgIpc) is 3.39. The Kier molecular flexibility index (Phi) is 5.43. The SMILES string of the molecule is O=C1CCC(N2Cc3c(CN4CCC(c5ccoc5)CC4)cccc3C2S)C(=O)N1. The number of hydrogen-bond donors (Lipinski definition) is 2. The van der Waals surface area contributed by atoms with Gasteiger partial charge in [-0.2, -0.15) is 12.6 Å². The van der Waals surface area contributed by atoms with Crippen molar-refractivity contribution in [3.8, 4) is 0 Å². The number of piperidine rings is 2. The number of amides is 2. The molecular formula is C23H27N3O3S. The fraction of sp³-hybridized carbons (Fsp3) is 0.478. The number of carbonyl (C=O) groups is 2. The molecule has 2 aromatic rings. The van der Waals surface area contributed by atoms with E-state index in [0.29, 0.717) is 25.3 Å². The monoisotopic (exact) mass is 425 g/mol. The smallest absolute Gasteiger partial charge is 0.243 e. The maximum absolute atomic E-state index is 12.4. The third kappa shape index (κ3) is 3.70. The van der Waals surface area contributed by atoms with Gasteiger partial charge in [0.1, 0.15) is 0 Å². The van der Waals surface area contributed by atoms with Crippen LogP contribution >= 0.6 is 12.6 Å². The first kappa shape index (κ1) is 19.8. The van der Waals surface area contributed by atoms with Crippen LogP contribution in [0.3, 0.4) is 0 Å². The van der Waals surface area contributed by atoms with E-state index in [1.807, 2.05) is 6.26 Å². The highest BCUT2D eigenvalue weighted by Crippen LogP contribution is 2.41. The summed E-state index contributed by atoms with van der Waals surface area (Å²) in [5, 5.41) is 2.37. The molecule has 2 atom stereocenters. The molecule has 0 bridgehead atoms. The molecule has 1 N–H and O–H groups in total. The molecule has 5 rings (SSSR count). The molecular weight excluding hydrogens is 398 g/mol. The van der Waals surface area contributed by atoms with E-state index in [9.17, 15) is 9.59 Å². The van der Waals surface area contributed by atoms with Gasteiger partial charge in [-0.05, 0) is 66.6 Å². The van der Waals surface area contributed by atoms with Gasteiger partial charge in [0.05, 0.1) is 23.9 Å². The molecule has 6 nitrogen and oxygen atoms in total. The lowest BCUT2D eigenvalue weighted by Gasteiger charge is -2.32. The lowest BCUT2D eigenvalue weighted by Crippen LogP contribution is -2.51. The Labute approximate surface area is 182 Å². The molecule has 2 amide bonds. The summed E-state index contributed by atoms with van der Waals surface area (Å²) >= 11 is 4.84. The fourth-order valence-corrected chi connectivity index (χ4v) is 5.62. The Balaban J connectivity index is 1.27. The van der Waals surface area contributed by atoms with Gasteiger partial charge in [0.2, 0.25) is 11.8 Å². The summed E-state index contributed by atoms with van der Waals surface area (Å²) in [5.41, 5.74) is 5.11. The van der Waals surface area contributed by atoms with Crippen LogP contribution in [-0.2, 0) is 22.7 Å². The molecule has 1 aromatic carbocycles. The summed E-state index contributed by atoms with van der Waals surface area (Å²) in [4.78, 5) is 28.6. The van der Waals surface area contributed by atoms with E-state index in [1.54, 1.807) is 6.26 Å². The zero-order chi connectivity index (χ0) is 20.7. The molecule has 30 heavy (non-hydrogen) atoms. The van der Waals surface area contributed by atoms with E-state index in [1.165, 1.54) is 22.3 Å². The molecule has 0 radical (unpaired) electrons. The van der Waals surface area contributed by atoms with Gasteiger partial charge in [-0.3, -0.25) is 24.7 Å². The molecule has 7 heteroatoms. The first-order valence-electron chi connectivity index (χ1n) is 10.7. The Morgan fingerprint density at radius 2 is 1.97 bits per heavy atom. The molecule has 3 aliphatic heterocycles. The van der Waals surface area contributed by atoms with E-state index in [2.05, 4.69) is 39.4 Å². The number of rotatable bonds is 4. The summed E-state index contributed by atoms with van der Waals surface area (Å²) < 4.78 is 5.25. The molecule has 1 aromatic heterocycles. The number of imide groups is 1. The summed E-state index contributed by atoms with van der Waals surface area (Å²) in [6.45, 7) is 3.77. The number of nitrogens with zero attached hydrogens (tertiary/aromatic N) is 2. The van der Waals surface area contributed by atoms with Crippen molar-refractivity contribution in [2.45, 2.75) is 56.1 Å². The Hall–Kier alpha value is -2.09. The molecule has 3 aliphatic rings. The molecule has 0 aliphatic carbocycles. The predicted octanol–water partition coefficient (Wildman–Crippen LogP) is 3.21. The second-order valence-corrected chi connectivity index (χ2v) is 9.09. The molecule has 0 saturated carbocycles. The van der Waals surface area contributed by atoms with Gasteiger partial charge in [0.25, 0.3) is 0 Å². The standard InChI is InChI=1S/C23H27N3O3S/c27-21-5-4-20(22(28)24-21)26-13-19-16(2-1-3-18(19)23(26)30)12-25-9-6-15(7-10-25)17-8-11-29-14-17/h1-3,8,11,14-15,20,23,30H,4-7,9-10,12-13H2,(H,24,27,28). The van der Waals surface area contributed by atoms with Crippen molar-refractivity contribution >= 4 is 24.4 Å². The summed E-state index contributed by atoms with van der Waals surface area (Å²) in [6, 6.07) is 8.21. The lowest BCUT2D eigenvalue weighted by molar-refractivity contribution is -0.137. The van der Waals surface area contributed by atoms with E-state index in [0.717, 1.165) is 32.5 Å². The average molecular weight is 426 g/mol. The second-order valence-electron chi connectivity index (χ2n) is 8.60. The zero-order valence-electron chi connectivity index (χ0n) is 16.9. The van der Waals surface area contributed by atoms with Crippen LogP contribution < -0.4 is 5.32 Å². The van der Waals surface area contributed by atoms with Gasteiger partial charge in [-0.15, -0.1) is 0 Å². The number of benzene rings is 1. The van der Waals surface area contributed by atoms with Crippen LogP contribution in [0.2, 0.25) is 0 Å². The first-order chi connectivity index (χ1) is 14.6. The maximum atomic E-state index is 12.4. The number of thiol groups is 1. The van der Waals surface area contributed by atoms with Crippen LogP contribution in [0.25, 0.3) is 0 Å². The van der Waals surface area contributed by atoms with Crippen molar-refractivity contribution in [3.05, 3.63) is 59.0 Å². The van der Waals surface area contributed by atoms with Crippen molar-refractivity contribution in [2.24, 2.45) is 0 Å². The number of carbonyl (C=O) groups excluding carboxylic acids is 2. The third-order valence-corrected chi connectivity index (χ3v) is 7.42. The molecule has 2 saturated heterocycles. The third-order valence-electron chi connectivity index (χ3n) is 6.85. The normalized spacial score (nSPS) is 26.0. The fourth-order valence-electron chi connectivity index (χ4n) is 5.14. The van der Waals surface area contributed by atoms with E-state index < -0.39 is 0 Å². The van der Waals surface area contributed by atoms with Gasteiger partial charge in [0, 0.05) is 19.5 Å². The van der Waals surface area contributed by atoms with Crippen molar-refractivity contribution in [3.63, 3.8) is 0 Å². The van der Waals surface area contributed by atoms with Gasteiger partial charge in [0.15, 0.2) is 0 Å². The highest BCUT2D eigenvalue weighted by molar-refractivity contribution is 7.80. The van der Waals surface area contributed by atoms with Crippen molar-refractivity contribution < 1.29 is 14.0 Å². The van der Waals surface area contributed by atoms with Crippen molar-refractivity contribution in [2.75, 3.05) is 13.1 Å². The highest BCUT2D eigenvalue weighted by atomic mass is 32.1. The zero-order valence-corrected chi connectivity index (χ0v) is 17.8. The molecule has 4 heterocycles. The quantitative estimate of drug-likeness (QED) is 0.582. The molecule has 158 valence electrons. The van der Waals surface area contributed by atoms with Crippen LogP contribution in [0.15, 0.2) is 41.2 Å². The Morgan fingerprint density at radius 1 is 1.13 bits per heavy atom. The predicted molar refractivity (Wildman–Crippen MR) is 116 cm³/mol. The number of nitrogens with one attached hydrogen (secondary N) is 1. The number of likely N-dealkylation sites (tertiary alicyclic amines) is 1. The number of furan rings is 1. The number of hydrogen-bond acceptors (Lipinski definition) is 6. The summed E-state index contributed by atoms with van der Waals surface area (Å²) in [7, 11) is 0. The van der Waals surface area contributed by atoms with E-state index in [-0.39, 0.29) is 23.2 Å². The van der Waals surface area contributed by atoms with E-state index in [4.69, 9.17) is 17.0 Å². The van der Waals surface area contributed by atoms with Crippen molar-refractivity contribution in [1.29, 1.82) is 0 Å². The topological polar surface area (TPSA) is 65.8 Å². The van der Waals surface area contributed by atoms with Gasteiger partial charge in [-0.1, -0.05) is 18.2 Å². The van der Waals surface area contributed by atoms with E-state index >= 15 is 0 Å². The van der Waals surface area contributed by atoms with Gasteiger partial charge < -0.3 is 4.42 Å². The maximum Gasteiger partial charge on any atom is 0.243 e. The number of fused-ring (bicyclic) bond motifs is 1.